The molecule has 0 spiro atoms. The van der Waals surface area contributed by atoms with Crippen molar-refractivity contribution in [2.75, 3.05) is 12.9 Å². The van der Waals surface area contributed by atoms with Crippen LogP contribution in [0.4, 0.5) is 0 Å². The summed E-state index contributed by atoms with van der Waals surface area (Å²) in [6.07, 6.45) is 15.0. The van der Waals surface area contributed by atoms with E-state index in [1.807, 2.05) is 6.26 Å². The van der Waals surface area contributed by atoms with Gasteiger partial charge in [0, 0.05) is 6.26 Å². The van der Waals surface area contributed by atoms with Crippen LogP contribution < -0.4 is 0 Å². The Bertz CT molecular complexity index is 699. The van der Waals surface area contributed by atoms with E-state index in [1.54, 1.807) is 0 Å². The highest BCUT2D eigenvalue weighted by atomic mass is 32.2. The fourth-order valence-electron chi connectivity index (χ4n) is 4.34. The minimum atomic E-state index is 0.778. The molecule has 0 heterocycles. The highest BCUT2D eigenvalue weighted by Crippen LogP contribution is 2.34. The van der Waals surface area contributed by atoms with Gasteiger partial charge in [-0.3, -0.25) is 0 Å². The summed E-state index contributed by atoms with van der Waals surface area (Å²) in [4.78, 5) is 0. The van der Waals surface area contributed by atoms with Gasteiger partial charge in [0.05, 0.1) is 6.61 Å². The number of aryl methyl sites for hydroxylation is 1. The molecule has 1 aliphatic carbocycles. The van der Waals surface area contributed by atoms with Crippen molar-refractivity contribution < 1.29 is 4.18 Å². The molecule has 0 aromatic heterocycles. The molecule has 1 nitrogen and oxygen atoms in total. The average molecular weight is 427 g/mol. The Morgan fingerprint density at radius 3 is 2.17 bits per heavy atom. The number of rotatable bonds is 9. The number of unbranched alkanes of at least 4 members (excludes halogenated alkanes) is 2. The lowest BCUT2D eigenvalue weighted by Crippen LogP contribution is -2.04. The molecule has 166 valence electrons. The summed E-state index contributed by atoms with van der Waals surface area (Å²) in [6, 6.07) is 16.3. The summed E-state index contributed by atoms with van der Waals surface area (Å²) in [5.74, 6) is 0.784. The molecule has 1 saturated carbocycles. The van der Waals surface area contributed by atoms with Crippen LogP contribution in [0.2, 0.25) is 0 Å². The van der Waals surface area contributed by atoms with Gasteiger partial charge < -0.3 is 4.18 Å². The molecule has 2 aromatic rings. The first-order valence-electron chi connectivity index (χ1n) is 12.1. The summed E-state index contributed by atoms with van der Waals surface area (Å²) < 4.78 is 5.41. The second-order valence-corrected chi connectivity index (χ2v) is 8.96. The third-order valence-electron chi connectivity index (χ3n) is 6.15. The van der Waals surface area contributed by atoms with Gasteiger partial charge in [0.2, 0.25) is 0 Å². The van der Waals surface area contributed by atoms with E-state index < -0.39 is 0 Å². The van der Waals surface area contributed by atoms with Crippen LogP contribution in [0.5, 0.6) is 0 Å². The van der Waals surface area contributed by atoms with E-state index in [2.05, 4.69) is 63.2 Å². The summed E-state index contributed by atoms with van der Waals surface area (Å²) in [5.41, 5.74) is 7.07. The van der Waals surface area contributed by atoms with E-state index >= 15 is 0 Å². The molecular formula is C28H42OS. The second kappa shape index (κ2) is 14.7. The first kappa shape index (κ1) is 25.0. The molecule has 2 heteroatoms. The van der Waals surface area contributed by atoms with Gasteiger partial charge in [-0.1, -0.05) is 102 Å². The molecule has 0 radical (unpaired) electrons. The van der Waals surface area contributed by atoms with Crippen LogP contribution in [0.1, 0.15) is 94.7 Å². The van der Waals surface area contributed by atoms with Gasteiger partial charge in [0.25, 0.3) is 0 Å². The first-order chi connectivity index (χ1) is 14.7. The molecule has 0 unspecified atom stereocenters. The van der Waals surface area contributed by atoms with Crippen molar-refractivity contribution in [2.24, 2.45) is 0 Å². The van der Waals surface area contributed by atoms with E-state index in [4.69, 9.17) is 4.18 Å². The molecule has 1 aliphatic rings. The first-order valence-corrected chi connectivity index (χ1v) is 13.3. The SMILES string of the molecule is CCCCC.CCc1cc(CCOSC)ccc1-c1ccc(C2CCCCC2)cc1. The van der Waals surface area contributed by atoms with E-state index in [9.17, 15) is 0 Å². The van der Waals surface area contributed by atoms with Crippen LogP contribution in [0.3, 0.4) is 0 Å². The van der Waals surface area contributed by atoms with E-state index in [-0.39, 0.29) is 0 Å². The van der Waals surface area contributed by atoms with Gasteiger partial charge in [-0.2, -0.15) is 0 Å². The monoisotopic (exact) mass is 426 g/mol. The summed E-state index contributed by atoms with van der Waals surface area (Å²) in [5, 5.41) is 0. The van der Waals surface area contributed by atoms with Crippen LogP contribution in [-0.2, 0) is 17.0 Å². The quantitative estimate of drug-likeness (QED) is 0.292. The molecule has 0 saturated heterocycles. The Labute approximate surface area is 190 Å². The Kier molecular flexibility index (Phi) is 12.3. The summed E-state index contributed by atoms with van der Waals surface area (Å²) >= 11 is 1.44. The van der Waals surface area contributed by atoms with Crippen LogP contribution >= 0.6 is 12.0 Å². The minimum Gasteiger partial charge on any atom is -0.315 e. The standard InChI is InChI=1S/C23H30OS.C5H12/c1-3-19-17-18(15-16-24-25-2)9-14-23(19)22-12-10-21(11-13-22)20-7-5-4-6-8-20;1-3-5-4-2/h9-14,17,20H,3-8,15-16H2,1-2H3;3-5H2,1-2H3. The van der Waals surface area contributed by atoms with Crippen molar-refractivity contribution in [3.63, 3.8) is 0 Å². The molecule has 0 amide bonds. The van der Waals surface area contributed by atoms with E-state index in [1.165, 1.54) is 91.2 Å². The highest BCUT2D eigenvalue weighted by molar-refractivity contribution is 7.93. The van der Waals surface area contributed by atoms with E-state index in [0.717, 1.165) is 25.4 Å². The maximum Gasteiger partial charge on any atom is 0.0654 e. The van der Waals surface area contributed by atoms with E-state index in [0.29, 0.717) is 0 Å². The van der Waals surface area contributed by atoms with Gasteiger partial charge in [-0.05, 0) is 71.5 Å². The average Bonchev–Trinajstić information content (AvgIpc) is 2.81. The van der Waals surface area contributed by atoms with Crippen molar-refractivity contribution >= 4 is 12.0 Å². The smallest absolute Gasteiger partial charge is 0.0654 e. The molecule has 3 rings (SSSR count). The molecule has 0 N–H and O–H groups in total. The number of hydrogen-bond donors (Lipinski definition) is 0. The summed E-state index contributed by atoms with van der Waals surface area (Å²) in [6.45, 7) is 7.45. The van der Waals surface area contributed by atoms with Crippen LogP contribution in [0.15, 0.2) is 42.5 Å². The zero-order chi connectivity index (χ0) is 21.6. The topological polar surface area (TPSA) is 9.23 Å². The maximum atomic E-state index is 5.41. The van der Waals surface area contributed by atoms with Crippen molar-refractivity contribution in [3.8, 4) is 11.1 Å². The lowest BCUT2D eigenvalue weighted by Gasteiger charge is -2.22. The van der Waals surface area contributed by atoms with Gasteiger partial charge in [0.15, 0.2) is 0 Å². The maximum absolute atomic E-state index is 5.41. The van der Waals surface area contributed by atoms with Crippen LogP contribution in [-0.4, -0.2) is 12.9 Å². The molecular weight excluding hydrogens is 384 g/mol. The van der Waals surface area contributed by atoms with Gasteiger partial charge in [-0.25, -0.2) is 0 Å². The number of hydrogen-bond acceptors (Lipinski definition) is 2. The Balaban J connectivity index is 0.000000575. The molecule has 0 atom stereocenters. The normalized spacial score (nSPS) is 14.3. The highest BCUT2D eigenvalue weighted by Gasteiger charge is 2.15. The van der Waals surface area contributed by atoms with Crippen LogP contribution in [0, 0.1) is 0 Å². The third-order valence-corrected chi connectivity index (χ3v) is 6.55. The second-order valence-electron chi connectivity index (χ2n) is 8.39. The van der Waals surface area contributed by atoms with Gasteiger partial charge in [0.1, 0.15) is 0 Å². The third kappa shape index (κ3) is 8.12. The zero-order valence-corrected chi connectivity index (χ0v) is 20.5. The Morgan fingerprint density at radius 1 is 0.900 bits per heavy atom. The van der Waals surface area contributed by atoms with Gasteiger partial charge in [-0.15, -0.1) is 0 Å². The zero-order valence-electron chi connectivity index (χ0n) is 19.7. The Morgan fingerprint density at radius 2 is 1.60 bits per heavy atom. The summed E-state index contributed by atoms with van der Waals surface area (Å²) in [7, 11) is 0. The van der Waals surface area contributed by atoms with Crippen molar-refractivity contribution in [2.45, 2.75) is 90.9 Å². The predicted molar refractivity (Wildman–Crippen MR) is 135 cm³/mol. The number of benzene rings is 2. The minimum absolute atomic E-state index is 0.778. The molecule has 2 aromatic carbocycles. The molecule has 0 bridgehead atoms. The van der Waals surface area contributed by atoms with Gasteiger partial charge >= 0.3 is 0 Å². The Hall–Kier alpha value is -1.25. The predicted octanol–water partition coefficient (Wildman–Crippen LogP) is 9.00. The molecule has 1 fully saturated rings. The van der Waals surface area contributed by atoms with Crippen molar-refractivity contribution in [3.05, 3.63) is 59.2 Å². The van der Waals surface area contributed by atoms with Crippen molar-refractivity contribution in [1.82, 2.24) is 0 Å². The lowest BCUT2D eigenvalue weighted by molar-refractivity contribution is 0.381. The van der Waals surface area contributed by atoms with Crippen LogP contribution in [0.25, 0.3) is 11.1 Å². The molecule has 0 aliphatic heterocycles. The fraction of sp³-hybridized carbons (Fsp3) is 0.571. The fourth-order valence-corrected chi connectivity index (χ4v) is 4.59. The lowest BCUT2D eigenvalue weighted by atomic mass is 9.83. The largest absolute Gasteiger partial charge is 0.315 e. The molecule has 30 heavy (non-hydrogen) atoms. The van der Waals surface area contributed by atoms with Crippen molar-refractivity contribution in [1.29, 1.82) is 0 Å².